The van der Waals surface area contributed by atoms with E-state index in [2.05, 4.69) is 10.6 Å². The summed E-state index contributed by atoms with van der Waals surface area (Å²) in [7, 11) is 3.14. The Bertz CT molecular complexity index is 452. The van der Waals surface area contributed by atoms with Crippen LogP contribution in [0.1, 0.15) is 6.42 Å². The zero-order chi connectivity index (χ0) is 16.4. The number of carbonyl (C=O) groups is 4. The Morgan fingerprint density at radius 3 is 2.14 bits per heavy atom. The van der Waals surface area contributed by atoms with Gasteiger partial charge in [0.15, 0.2) is 0 Å². The molecule has 0 atom stereocenters. The lowest BCUT2D eigenvalue weighted by molar-refractivity contribution is -0.137. The number of nitrogens with two attached hydrogens (primary N) is 1. The number of urea groups is 1. The van der Waals surface area contributed by atoms with Crippen molar-refractivity contribution < 1.29 is 19.2 Å². The van der Waals surface area contributed by atoms with Gasteiger partial charge in [0.05, 0.1) is 0 Å². The molecule has 0 aromatic carbocycles. The van der Waals surface area contributed by atoms with Gasteiger partial charge < -0.3 is 16.4 Å². The van der Waals surface area contributed by atoms with Gasteiger partial charge in [0.25, 0.3) is 11.8 Å². The second-order valence-corrected chi connectivity index (χ2v) is 6.90. The fourth-order valence-electron chi connectivity index (χ4n) is 1.52. The molecule has 1 aliphatic rings. The summed E-state index contributed by atoms with van der Waals surface area (Å²) in [6, 6.07) is -0.539. The molecular formula is C12H18N4O4S2. The maximum Gasteiger partial charge on any atom is 0.312 e. The lowest BCUT2D eigenvalue weighted by atomic mass is 10.3. The highest BCUT2D eigenvalue weighted by Gasteiger charge is 2.23. The molecule has 8 nitrogen and oxygen atoms in total. The normalized spacial score (nSPS) is 13.5. The van der Waals surface area contributed by atoms with E-state index < -0.39 is 6.03 Å². The first-order chi connectivity index (χ1) is 10.5. The molecule has 0 aromatic heterocycles. The SMILES string of the molecule is NC(=O)NCCSSCCNC(=O)CCN1C(=O)C=CC1=O. The van der Waals surface area contributed by atoms with Gasteiger partial charge in [-0.25, -0.2) is 4.79 Å². The Morgan fingerprint density at radius 2 is 1.59 bits per heavy atom. The molecule has 1 rings (SSSR count). The quantitative estimate of drug-likeness (QED) is 0.278. The molecule has 5 amide bonds. The number of amides is 5. The van der Waals surface area contributed by atoms with E-state index in [0.29, 0.717) is 13.1 Å². The summed E-state index contributed by atoms with van der Waals surface area (Å²) in [4.78, 5) is 45.6. The molecule has 0 fully saturated rings. The molecule has 10 heteroatoms. The van der Waals surface area contributed by atoms with Crippen LogP contribution in [-0.4, -0.2) is 59.8 Å². The minimum absolute atomic E-state index is 0.0944. The number of nitrogens with one attached hydrogen (secondary N) is 2. The Morgan fingerprint density at radius 1 is 1.05 bits per heavy atom. The second kappa shape index (κ2) is 10.1. The minimum atomic E-state index is -0.539. The molecule has 4 N–H and O–H groups in total. The van der Waals surface area contributed by atoms with E-state index in [0.717, 1.165) is 16.4 Å². The molecule has 0 aromatic rings. The highest BCUT2D eigenvalue weighted by atomic mass is 33.1. The van der Waals surface area contributed by atoms with Crippen molar-refractivity contribution in [1.82, 2.24) is 15.5 Å². The van der Waals surface area contributed by atoms with E-state index in [9.17, 15) is 19.2 Å². The highest BCUT2D eigenvalue weighted by Crippen LogP contribution is 2.19. The highest BCUT2D eigenvalue weighted by molar-refractivity contribution is 8.76. The topological polar surface area (TPSA) is 122 Å². The van der Waals surface area contributed by atoms with E-state index in [-0.39, 0.29) is 30.7 Å². The maximum absolute atomic E-state index is 11.6. The summed E-state index contributed by atoms with van der Waals surface area (Å²) in [5, 5.41) is 5.19. The predicted molar refractivity (Wildman–Crippen MR) is 86.0 cm³/mol. The zero-order valence-electron chi connectivity index (χ0n) is 11.9. The Balaban J connectivity index is 1.97. The number of hydrogen-bond acceptors (Lipinski definition) is 6. The molecule has 1 aliphatic heterocycles. The summed E-state index contributed by atoms with van der Waals surface area (Å²) in [6.07, 6.45) is 2.49. The fraction of sp³-hybridized carbons (Fsp3) is 0.500. The Labute approximate surface area is 136 Å². The van der Waals surface area contributed by atoms with Crippen LogP contribution in [0.3, 0.4) is 0 Å². The minimum Gasteiger partial charge on any atom is -0.355 e. The van der Waals surface area contributed by atoms with Crippen molar-refractivity contribution in [3.63, 3.8) is 0 Å². The number of imide groups is 1. The monoisotopic (exact) mass is 346 g/mol. The molecular weight excluding hydrogens is 328 g/mol. The molecule has 0 unspecified atom stereocenters. The van der Waals surface area contributed by atoms with Crippen LogP contribution >= 0.6 is 21.6 Å². The van der Waals surface area contributed by atoms with E-state index in [1.54, 1.807) is 21.6 Å². The van der Waals surface area contributed by atoms with Gasteiger partial charge in [-0.05, 0) is 0 Å². The van der Waals surface area contributed by atoms with Gasteiger partial charge in [0.1, 0.15) is 0 Å². The first-order valence-corrected chi connectivity index (χ1v) is 9.07. The molecule has 0 saturated heterocycles. The first kappa shape index (κ1) is 18.4. The van der Waals surface area contributed by atoms with Crippen molar-refractivity contribution in [3.8, 4) is 0 Å². The van der Waals surface area contributed by atoms with Gasteiger partial charge in [-0.1, -0.05) is 21.6 Å². The smallest absolute Gasteiger partial charge is 0.312 e. The summed E-state index contributed by atoms with van der Waals surface area (Å²) >= 11 is 0. The third-order valence-electron chi connectivity index (χ3n) is 2.54. The standard InChI is InChI=1S/C12H18N4O4S2/c13-12(20)15-5-8-22-21-7-4-14-9(17)3-6-16-10(18)1-2-11(16)19/h1-2H,3-8H2,(H,14,17)(H3,13,15,20). The molecule has 22 heavy (non-hydrogen) atoms. The van der Waals surface area contributed by atoms with Gasteiger partial charge in [-0.3, -0.25) is 19.3 Å². The number of rotatable bonds is 10. The van der Waals surface area contributed by atoms with Crippen LogP contribution in [-0.2, 0) is 14.4 Å². The van der Waals surface area contributed by atoms with E-state index in [1.807, 2.05) is 0 Å². The van der Waals surface area contributed by atoms with E-state index in [4.69, 9.17) is 5.73 Å². The largest absolute Gasteiger partial charge is 0.355 e. The third-order valence-corrected chi connectivity index (χ3v) is 4.95. The van der Waals surface area contributed by atoms with Crippen molar-refractivity contribution in [1.29, 1.82) is 0 Å². The zero-order valence-corrected chi connectivity index (χ0v) is 13.5. The Kier molecular flexibility index (Phi) is 8.44. The van der Waals surface area contributed by atoms with Gasteiger partial charge in [0, 0.05) is 49.7 Å². The molecule has 0 saturated carbocycles. The Hall–Kier alpha value is -1.68. The summed E-state index contributed by atoms with van der Waals surface area (Å²) in [5.74, 6) is 0.487. The van der Waals surface area contributed by atoms with Crippen LogP contribution in [0.4, 0.5) is 4.79 Å². The number of primary amides is 1. The number of nitrogens with zero attached hydrogens (tertiary/aromatic N) is 1. The van der Waals surface area contributed by atoms with E-state index in [1.165, 1.54) is 12.2 Å². The predicted octanol–water partition coefficient (Wildman–Crippen LogP) is -0.533. The third kappa shape index (κ3) is 7.36. The van der Waals surface area contributed by atoms with Crippen LogP contribution < -0.4 is 16.4 Å². The molecule has 0 bridgehead atoms. The van der Waals surface area contributed by atoms with Crippen molar-refractivity contribution >= 4 is 45.3 Å². The summed E-state index contributed by atoms with van der Waals surface area (Å²) in [5.41, 5.74) is 4.92. The van der Waals surface area contributed by atoms with Crippen LogP contribution in [0.2, 0.25) is 0 Å². The molecule has 122 valence electrons. The summed E-state index contributed by atoms with van der Waals surface area (Å²) in [6.45, 7) is 1.10. The summed E-state index contributed by atoms with van der Waals surface area (Å²) < 4.78 is 0. The van der Waals surface area contributed by atoms with Crippen molar-refractivity contribution in [2.24, 2.45) is 5.73 Å². The van der Waals surface area contributed by atoms with Crippen LogP contribution in [0.15, 0.2) is 12.2 Å². The number of hydrogen-bond donors (Lipinski definition) is 3. The fourth-order valence-corrected chi connectivity index (χ4v) is 3.33. The first-order valence-electron chi connectivity index (χ1n) is 6.58. The maximum atomic E-state index is 11.6. The van der Waals surface area contributed by atoms with Crippen LogP contribution in [0, 0.1) is 0 Å². The lowest BCUT2D eigenvalue weighted by Crippen LogP contribution is -2.35. The van der Waals surface area contributed by atoms with Gasteiger partial charge >= 0.3 is 6.03 Å². The van der Waals surface area contributed by atoms with E-state index >= 15 is 0 Å². The van der Waals surface area contributed by atoms with Gasteiger partial charge in [-0.15, -0.1) is 0 Å². The van der Waals surface area contributed by atoms with Gasteiger partial charge in [-0.2, -0.15) is 0 Å². The van der Waals surface area contributed by atoms with Crippen LogP contribution in [0.5, 0.6) is 0 Å². The van der Waals surface area contributed by atoms with Crippen molar-refractivity contribution in [3.05, 3.63) is 12.2 Å². The van der Waals surface area contributed by atoms with Gasteiger partial charge in [0.2, 0.25) is 5.91 Å². The second-order valence-electron chi connectivity index (χ2n) is 4.20. The lowest BCUT2D eigenvalue weighted by Gasteiger charge is -2.13. The van der Waals surface area contributed by atoms with Crippen molar-refractivity contribution in [2.45, 2.75) is 6.42 Å². The molecule has 0 aliphatic carbocycles. The van der Waals surface area contributed by atoms with Crippen LogP contribution in [0.25, 0.3) is 0 Å². The average Bonchev–Trinajstić information content (AvgIpc) is 2.78. The molecule has 0 radical (unpaired) electrons. The molecule has 1 heterocycles. The average molecular weight is 346 g/mol. The van der Waals surface area contributed by atoms with Crippen molar-refractivity contribution in [2.75, 3.05) is 31.1 Å². The number of carbonyl (C=O) groups excluding carboxylic acids is 4. The molecule has 0 spiro atoms.